The van der Waals surface area contributed by atoms with Gasteiger partial charge in [-0.2, -0.15) is 5.10 Å². The first-order chi connectivity index (χ1) is 8.63. The summed E-state index contributed by atoms with van der Waals surface area (Å²) in [6, 6.07) is 0. The van der Waals surface area contributed by atoms with Crippen LogP contribution in [0.2, 0.25) is 0 Å². The smallest absolute Gasteiger partial charge is 0.0641 e. The number of nitrogens with zero attached hydrogens (tertiary/aromatic N) is 2. The van der Waals surface area contributed by atoms with Crippen molar-refractivity contribution >= 4 is 0 Å². The zero-order chi connectivity index (χ0) is 13.1. The maximum absolute atomic E-state index is 9.30. The lowest BCUT2D eigenvalue weighted by atomic mass is 9.97. The average molecular weight is 251 g/mol. The molecule has 2 rings (SSSR count). The zero-order valence-electron chi connectivity index (χ0n) is 11.7. The lowest BCUT2D eigenvalue weighted by Crippen LogP contribution is -2.26. The summed E-state index contributed by atoms with van der Waals surface area (Å²) in [4.78, 5) is 0. The second-order valence-corrected chi connectivity index (χ2v) is 5.54. The minimum Gasteiger partial charge on any atom is -0.396 e. The molecule has 0 amide bonds. The molecular formula is C14H25N3O. The van der Waals surface area contributed by atoms with Crippen LogP contribution in [0.1, 0.15) is 36.2 Å². The van der Waals surface area contributed by atoms with Crippen molar-refractivity contribution in [3.63, 3.8) is 0 Å². The van der Waals surface area contributed by atoms with E-state index in [4.69, 9.17) is 0 Å². The number of nitrogens with one attached hydrogen (secondary N) is 1. The van der Waals surface area contributed by atoms with Gasteiger partial charge >= 0.3 is 0 Å². The van der Waals surface area contributed by atoms with Crippen LogP contribution in [-0.2, 0) is 13.6 Å². The van der Waals surface area contributed by atoms with Gasteiger partial charge in [-0.1, -0.05) is 6.42 Å². The Labute approximate surface area is 109 Å². The molecule has 1 heterocycles. The van der Waals surface area contributed by atoms with Gasteiger partial charge in [-0.05, 0) is 45.1 Å². The highest BCUT2D eigenvalue weighted by Gasteiger charge is 2.26. The van der Waals surface area contributed by atoms with Gasteiger partial charge in [0.25, 0.3) is 0 Å². The molecule has 2 atom stereocenters. The zero-order valence-corrected chi connectivity index (χ0v) is 11.7. The fraction of sp³-hybridized carbons (Fsp3) is 0.786. The molecule has 1 saturated carbocycles. The molecule has 0 aromatic carbocycles. The van der Waals surface area contributed by atoms with E-state index in [0.717, 1.165) is 18.8 Å². The summed E-state index contributed by atoms with van der Waals surface area (Å²) in [5.41, 5.74) is 3.67. The second kappa shape index (κ2) is 5.85. The molecule has 0 bridgehead atoms. The third-order valence-electron chi connectivity index (χ3n) is 4.42. The van der Waals surface area contributed by atoms with Crippen LogP contribution in [0.5, 0.6) is 0 Å². The summed E-state index contributed by atoms with van der Waals surface area (Å²) in [7, 11) is 1.99. The van der Waals surface area contributed by atoms with Crippen molar-refractivity contribution in [1.82, 2.24) is 15.1 Å². The average Bonchev–Trinajstić information content (AvgIpc) is 2.89. The molecule has 18 heavy (non-hydrogen) atoms. The van der Waals surface area contributed by atoms with Crippen molar-refractivity contribution in [3.05, 3.63) is 17.0 Å². The topological polar surface area (TPSA) is 50.1 Å². The van der Waals surface area contributed by atoms with Crippen molar-refractivity contribution in [2.75, 3.05) is 13.2 Å². The minimum absolute atomic E-state index is 0.345. The summed E-state index contributed by atoms with van der Waals surface area (Å²) >= 11 is 0. The summed E-state index contributed by atoms with van der Waals surface area (Å²) in [5.74, 6) is 1.15. The second-order valence-electron chi connectivity index (χ2n) is 5.54. The Kier molecular flexibility index (Phi) is 4.40. The van der Waals surface area contributed by atoms with Gasteiger partial charge in [0.2, 0.25) is 0 Å². The van der Waals surface area contributed by atoms with E-state index in [1.807, 2.05) is 11.7 Å². The molecule has 2 unspecified atom stereocenters. The number of hydrogen-bond acceptors (Lipinski definition) is 3. The van der Waals surface area contributed by atoms with E-state index in [0.29, 0.717) is 18.4 Å². The highest BCUT2D eigenvalue weighted by molar-refractivity contribution is 5.23. The van der Waals surface area contributed by atoms with E-state index >= 15 is 0 Å². The van der Waals surface area contributed by atoms with Crippen LogP contribution in [0.15, 0.2) is 0 Å². The third-order valence-corrected chi connectivity index (χ3v) is 4.42. The molecule has 102 valence electrons. The molecule has 2 N–H and O–H groups in total. The van der Waals surface area contributed by atoms with Gasteiger partial charge in [-0.3, -0.25) is 4.68 Å². The van der Waals surface area contributed by atoms with Gasteiger partial charge in [0.1, 0.15) is 0 Å². The highest BCUT2D eigenvalue weighted by Crippen LogP contribution is 2.30. The highest BCUT2D eigenvalue weighted by atomic mass is 16.3. The fourth-order valence-electron chi connectivity index (χ4n) is 3.08. The van der Waals surface area contributed by atoms with E-state index in [1.54, 1.807) is 0 Å². The van der Waals surface area contributed by atoms with Gasteiger partial charge in [-0.15, -0.1) is 0 Å². The Morgan fingerprint density at radius 3 is 2.67 bits per heavy atom. The molecule has 1 aromatic rings. The lowest BCUT2D eigenvalue weighted by Gasteiger charge is -2.17. The molecule has 0 radical (unpaired) electrons. The van der Waals surface area contributed by atoms with E-state index in [9.17, 15) is 5.11 Å². The van der Waals surface area contributed by atoms with Crippen molar-refractivity contribution in [2.24, 2.45) is 18.9 Å². The van der Waals surface area contributed by atoms with Crippen LogP contribution >= 0.6 is 0 Å². The normalized spacial score (nSPS) is 23.8. The SMILES string of the molecule is Cc1nn(C)c(C)c1CNCC1CCCC1CO. The molecule has 0 spiro atoms. The Morgan fingerprint density at radius 2 is 2.06 bits per heavy atom. The molecule has 0 aliphatic heterocycles. The van der Waals surface area contributed by atoms with Crippen LogP contribution in [0, 0.1) is 25.7 Å². The first kappa shape index (κ1) is 13.6. The third kappa shape index (κ3) is 2.75. The van der Waals surface area contributed by atoms with E-state index < -0.39 is 0 Å². The minimum atomic E-state index is 0.345. The Bertz CT molecular complexity index is 400. The molecule has 1 aromatic heterocycles. The van der Waals surface area contributed by atoms with Gasteiger partial charge in [0, 0.05) is 31.5 Å². The van der Waals surface area contributed by atoms with Gasteiger partial charge in [0.05, 0.1) is 5.69 Å². The number of rotatable bonds is 5. The predicted molar refractivity (Wildman–Crippen MR) is 72.3 cm³/mol. The number of aryl methyl sites for hydroxylation is 2. The molecule has 1 aliphatic rings. The molecule has 1 fully saturated rings. The number of aromatic nitrogens is 2. The van der Waals surface area contributed by atoms with Crippen LogP contribution < -0.4 is 5.32 Å². The van der Waals surface area contributed by atoms with Crippen molar-refractivity contribution in [2.45, 2.75) is 39.7 Å². The van der Waals surface area contributed by atoms with Crippen molar-refractivity contribution in [1.29, 1.82) is 0 Å². The lowest BCUT2D eigenvalue weighted by molar-refractivity contribution is 0.192. The van der Waals surface area contributed by atoms with E-state index in [1.165, 1.54) is 30.5 Å². The van der Waals surface area contributed by atoms with Crippen LogP contribution in [0.3, 0.4) is 0 Å². The standard InChI is InChI=1S/C14H25N3O/c1-10-14(11(2)17(3)16-10)8-15-7-12-5-4-6-13(12)9-18/h12-13,15,18H,4-9H2,1-3H3. The van der Waals surface area contributed by atoms with Crippen LogP contribution in [0.25, 0.3) is 0 Å². The van der Waals surface area contributed by atoms with Crippen molar-refractivity contribution in [3.8, 4) is 0 Å². The van der Waals surface area contributed by atoms with Crippen molar-refractivity contribution < 1.29 is 5.11 Å². The first-order valence-corrected chi connectivity index (χ1v) is 6.94. The first-order valence-electron chi connectivity index (χ1n) is 6.94. The summed E-state index contributed by atoms with van der Waals surface area (Å²) in [6.07, 6.45) is 3.71. The molecular weight excluding hydrogens is 226 g/mol. The number of aliphatic hydroxyl groups is 1. The Morgan fingerprint density at radius 1 is 1.33 bits per heavy atom. The Hall–Kier alpha value is -0.870. The van der Waals surface area contributed by atoms with Gasteiger partial charge in [0.15, 0.2) is 0 Å². The summed E-state index contributed by atoms with van der Waals surface area (Å²) in [5, 5.41) is 17.3. The summed E-state index contributed by atoms with van der Waals surface area (Å²) in [6.45, 7) is 6.43. The quantitative estimate of drug-likeness (QED) is 0.834. The fourth-order valence-corrected chi connectivity index (χ4v) is 3.08. The molecule has 4 heteroatoms. The maximum Gasteiger partial charge on any atom is 0.0641 e. The van der Waals surface area contributed by atoms with E-state index in [2.05, 4.69) is 24.3 Å². The number of aliphatic hydroxyl groups excluding tert-OH is 1. The molecule has 0 saturated heterocycles. The molecule has 1 aliphatic carbocycles. The van der Waals surface area contributed by atoms with Gasteiger partial charge < -0.3 is 10.4 Å². The van der Waals surface area contributed by atoms with Crippen LogP contribution in [-0.4, -0.2) is 28.0 Å². The molecule has 4 nitrogen and oxygen atoms in total. The Balaban J connectivity index is 1.85. The largest absolute Gasteiger partial charge is 0.396 e. The monoisotopic (exact) mass is 251 g/mol. The number of hydrogen-bond donors (Lipinski definition) is 2. The summed E-state index contributed by atoms with van der Waals surface area (Å²) < 4.78 is 1.94. The maximum atomic E-state index is 9.30. The van der Waals surface area contributed by atoms with E-state index in [-0.39, 0.29) is 0 Å². The van der Waals surface area contributed by atoms with Gasteiger partial charge in [-0.25, -0.2) is 0 Å². The van der Waals surface area contributed by atoms with Crippen LogP contribution in [0.4, 0.5) is 0 Å². The predicted octanol–water partition coefficient (Wildman–Crippen LogP) is 1.54.